The molecule has 0 unspecified atom stereocenters. The van der Waals surface area contributed by atoms with Crippen LogP contribution in [0.1, 0.15) is 0 Å². The second-order valence-electron chi connectivity index (χ2n) is 12.8. The van der Waals surface area contributed by atoms with Gasteiger partial charge in [0.2, 0.25) is 0 Å². The molecule has 0 aliphatic heterocycles. The highest BCUT2D eigenvalue weighted by Crippen LogP contribution is 2.44. The van der Waals surface area contributed by atoms with E-state index in [2.05, 4.69) is 133 Å². The number of hydrogen-bond acceptors (Lipinski definition) is 6. The summed E-state index contributed by atoms with van der Waals surface area (Å²) in [5, 5.41) is 7.59. The fraction of sp³-hybridized carbons (Fsp3) is 0. The molecule has 0 bridgehead atoms. The van der Waals surface area contributed by atoms with Crippen LogP contribution in [0.3, 0.4) is 0 Å². The maximum absolute atomic E-state index is 5.20. The number of fused-ring (bicyclic) bond motifs is 9. The van der Waals surface area contributed by atoms with Crippen LogP contribution in [0.15, 0.2) is 152 Å². The molecule has 7 aromatic carbocycles. The summed E-state index contributed by atoms with van der Waals surface area (Å²) in [6.07, 6.45) is 0. The van der Waals surface area contributed by atoms with E-state index in [4.69, 9.17) is 15.0 Å². The van der Waals surface area contributed by atoms with Gasteiger partial charge in [-0.1, -0.05) is 109 Å². The van der Waals surface area contributed by atoms with Gasteiger partial charge in [0, 0.05) is 77.2 Å². The normalized spacial score (nSPS) is 11.9. The van der Waals surface area contributed by atoms with E-state index in [1.165, 1.54) is 71.6 Å². The summed E-state index contributed by atoms with van der Waals surface area (Å²) in [6.45, 7) is 0. The van der Waals surface area contributed by atoms with E-state index in [1.54, 1.807) is 0 Å². The highest BCUT2D eigenvalue weighted by molar-refractivity contribution is 7.27. The van der Waals surface area contributed by atoms with Crippen LogP contribution >= 0.6 is 34.0 Å². The number of thiophene rings is 3. The monoisotopic (exact) mass is 703 g/mol. The summed E-state index contributed by atoms with van der Waals surface area (Å²) in [5.41, 5.74) is 5.48. The Morgan fingerprint density at radius 1 is 0.294 bits per heavy atom. The van der Waals surface area contributed by atoms with Crippen molar-refractivity contribution in [3.63, 3.8) is 0 Å². The zero-order valence-electron chi connectivity index (χ0n) is 27.0. The van der Waals surface area contributed by atoms with Crippen molar-refractivity contribution in [2.75, 3.05) is 0 Å². The first kappa shape index (κ1) is 29.0. The molecule has 11 rings (SSSR count). The third-order valence-electron chi connectivity index (χ3n) is 9.76. The third-order valence-corrected chi connectivity index (χ3v) is 13.3. The number of nitrogens with zero attached hydrogens (tertiary/aromatic N) is 3. The van der Waals surface area contributed by atoms with Crippen molar-refractivity contribution in [3.05, 3.63) is 152 Å². The van der Waals surface area contributed by atoms with Gasteiger partial charge in [-0.15, -0.1) is 34.0 Å². The molecule has 0 radical (unpaired) electrons. The van der Waals surface area contributed by atoms with Crippen LogP contribution < -0.4 is 0 Å². The summed E-state index contributed by atoms with van der Waals surface area (Å²) in [6, 6.07) is 54.2. The average Bonchev–Trinajstić information content (AvgIpc) is 3.88. The molecule has 0 saturated carbocycles. The van der Waals surface area contributed by atoms with Gasteiger partial charge >= 0.3 is 0 Å². The molecule has 0 amide bonds. The minimum Gasteiger partial charge on any atom is -0.208 e. The molecule has 0 atom stereocenters. The van der Waals surface area contributed by atoms with Crippen LogP contribution in [0.4, 0.5) is 0 Å². The third kappa shape index (κ3) is 4.65. The van der Waals surface area contributed by atoms with Crippen LogP contribution in [0.25, 0.3) is 106 Å². The molecule has 0 aliphatic rings. The molecule has 6 heteroatoms. The molecule has 238 valence electrons. The summed E-state index contributed by atoms with van der Waals surface area (Å²) in [4.78, 5) is 15.4. The average molecular weight is 704 g/mol. The highest BCUT2D eigenvalue weighted by Gasteiger charge is 2.18. The van der Waals surface area contributed by atoms with E-state index in [9.17, 15) is 0 Å². The van der Waals surface area contributed by atoms with Crippen LogP contribution in [0.2, 0.25) is 0 Å². The Morgan fingerprint density at radius 2 is 0.843 bits per heavy atom. The first-order chi connectivity index (χ1) is 25.2. The Labute approximate surface area is 304 Å². The molecule has 0 N–H and O–H groups in total. The Bertz CT molecular complexity index is 3150. The summed E-state index contributed by atoms with van der Waals surface area (Å²) < 4.78 is 7.63. The van der Waals surface area contributed by atoms with Gasteiger partial charge in [0.1, 0.15) is 0 Å². The number of aromatic nitrogens is 3. The fourth-order valence-electron chi connectivity index (χ4n) is 7.32. The van der Waals surface area contributed by atoms with Crippen molar-refractivity contribution in [3.8, 4) is 45.3 Å². The lowest BCUT2D eigenvalue weighted by molar-refractivity contribution is 1.08. The Balaban J connectivity index is 1.09. The predicted molar refractivity (Wildman–Crippen MR) is 220 cm³/mol. The Morgan fingerprint density at radius 3 is 1.65 bits per heavy atom. The lowest BCUT2D eigenvalue weighted by atomic mass is 10.0. The number of benzene rings is 7. The minimum atomic E-state index is 0.669. The topological polar surface area (TPSA) is 38.7 Å². The maximum atomic E-state index is 5.20. The zero-order valence-corrected chi connectivity index (χ0v) is 29.4. The van der Waals surface area contributed by atoms with Crippen LogP contribution in [0.5, 0.6) is 0 Å². The lowest BCUT2D eigenvalue weighted by Gasteiger charge is -2.09. The summed E-state index contributed by atoms with van der Waals surface area (Å²) >= 11 is 5.51. The standard InChI is InChI=1S/C45H25N3S3/c1-2-10-26(11-3-1)43-46-44(28-21-23-39-36(24-28)31-13-5-6-18-37(31)49-39)48-45(47-43)35-17-9-16-34-32-22-20-27(25-40(32)51-42(34)35)29-14-8-15-33-30-12-4-7-19-38(30)50-41(29)33/h1-25H. The quantitative estimate of drug-likeness (QED) is 0.183. The van der Waals surface area contributed by atoms with Crippen molar-refractivity contribution in [2.45, 2.75) is 0 Å². The SMILES string of the molecule is c1ccc(-c2nc(-c3ccc4sc5ccccc5c4c3)nc(-c3cccc4c3sc3cc(-c5cccc6c5sc5ccccc56)ccc34)n2)cc1. The summed E-state index contributed by atoms with van der Waals surface area (Å²) in [5.74, 6) is 2.03. The second kappa shape index (κ2) is 11.4. The van der Waals surface area contributed by atoms with Gasteiger partial charge < -0.3 is 0 Å². The van der Waals surface area contributed by atoms with Crippen molar-refractivity contribution >= 4 is 94.5 Å². The van der Waals surface area contributed by atoms with Gasteiger partial charge in [-0.3, -0.25) is 0 Å². The van der Waals surface area contributed by atoms with Crippen molar-refractivity contribution in [1.29, 1.82) is 0 Å². The highest BCUT2D eigenvalue weighted by atomic mass is 32.1. The van der Waals surface area contributed by atoms with Gasteiger partial charge in [0.25, 0.3) is 0 Å². The predicted octanol–water partition coefficient (Wildman–Crippen LogP) is 13.6. The molecular weight excluding hydrogens is 679 g/mol. The Kier molecular flexibility index (Phi) is 6.46. The van der Waals surface area contributed by atoms with Crippen LogP contribution in [-0.2, 0) is 0 Å². The van der Waals surface area contributed by atoms with Crippen molar-refractivity contribution < 1.29 is 0 Å². The molecule has 0 saturated heterocycles. The molecule has 3 nitrogen and oxygen atoms in total. The molecule has 0 fully saturated rings. The van der Waals surface area contributed by atoms with Gasteiger partial charge in [0.05, 0.1) is 0 Å². The van der Waals surface area contributed by atoms with Gasteiger partial charge in [-0.2, -0.15) is 0 Å². The largest absolute Gasteiger partial charge is 0.208 e. The van der Waals surface area contributed by atoms with Gasteiger partial charge in [-0.05, 0) is 53.6 Å². The van der Waals surface area contributed by atoms with Crippen LogP contribution in [0, 0.1) is 0 Å². The first-order valence-electron chi connectivity index (χ1n) is 16.8. The molecule has 0 aliphatic carbocycles. The Hall–Kier alpha value is -5.79. The van der Waals surface area contributed by atoms with Crippen LogP contribution in [-0.4, -0.2) is 15.0 Å². The number of rotatable bonds is 4. The maximum Gasteiger partial charge on any atom is 0.165 e. The summed E-state index contributed by atoms with van der Waals surface area (Å²) in [7, 11) is 0. The van der Waals surface area contributed by atoms with E-state index in [-0.39, 0.29) is 0 Å². The fourth-order valence-corrected chi connectivity index (χ4v) is 10.9. The zero-order chi connectivity index (χ0) is 33.5. The molecular formula is C45H25N3S3. The smallest absolute Gasteiger partial charge is 0.165 e. The number of hydrogen-bond donors (Lipinski definition) is 0. The van der Waals surface area contributed by atoms with E-state index < -0.39 is 0 Å². The molecule has 11 aromatic rings. The van der Waals surface area contributed by atoms with Gasteiger partial charge in [-0.25, -0.2) is 15.0 Å². The van der Waals surface area contributed by atoms with E-state index in [0.717, 1.165) is 16.7 Å². The molecule has 4 aromatic heterocycles. The van der Waals surface area contributed by atoms with Crippen molar-refractivity contribution in [2.24, 2.45) is 0 Å². The van der Waals surface area contributed by atoms with Gasteiger partial charge in [0.15, 0.2) is 17.5 Å². The van der Waals surface area contributed by atoms with E-state index in [1.807, 2.05) is 52.2 Å². The first-order valence-corrected chi connectivity index (χ1v) is 19.3. The lowest BCUT2D eigenvalue weighted by Crippen LogP contribution is -2.00. The van der Waals surface area contributed by atoms with E-state index >= 15 is 0 Å². The molecule has 0 spiro atoms. The van der Waals surface area contributed by atoms with Crippen molar-refractivity contribution in [1.82, 2.24) is 15.0 Å². The van der Waals surface area contributed by atoms with E-state index in [0.29, 0.717) is 17.5 Å². The molecule has 51 heavy (non-hydrogen) atoms. The molecule has 4 heterocycles. The second-order valence-corrected chi connectivity index (χ2v) is 15.9. The minimum absolute atomic E-state index is 0.669.